The number of aryl methyl sites for hydroxylation is 2. The van der Waals surface area contributed by atoms with Crippen molar-refractivity contribution in [1.29, 1.82) is 0 Å². The summed E-state index contributed by atoms with van der Waals surface area (Å²) in [5.74, 6) is 0.353. The molecule has 0 N–H and O–H groups in total. The third kappa shape index (κ3) is 1.59. The topological polar surface area (TPSA) is 17.1 Å². The van der Waals surface area contributed by atoms with Crippen molar-refractivity contribution in [3.8, 4) is 0 Å². The van der Waals surface area contributed by atoms with Gasteiger partial charge in [-0.1, -0.05) is 31.5 Å². The number of ketones is 1. The van der Waals surface area contributed by atoms with Crippen molar-refractivity contribution in [1.82, 2.24) is 0 Å². The molecule has 74 valence electrons. The highest BCUT2D eigenvalue weighted by atomic mass is 16.1. The molecule has 0 aliphatic heterocycles. The van der Waals surface area contributed by atoms with Gasteiger partial charge in [0.25, 0.3) is 0 Å². The van der Waals surface area contributed by atoms with Gasteiger partial charge in [0.05, 0.1) is 0 Å². The van der Waals surface area contributed by atoms with Gasteiger partial charge in [-0.25, -0.2) is 0 Å². The molecule has 0 radical (unpaired) electrons. The van der Waals surface area contributed by atoms with E-state index < -0.39 is 0 Å². The fourth-order valence-electron chi connectivity index (χ4n) is 2.17. The summed E-state index contributed by atoms with van der Waals surface area (Å²) >= 11 is 0. The monoisotopic (exact) mass is 188 g/mol. The summed E-state index contributed by atoms with van der Waals surface area (Å²) in [7, 11) is 0. The van der Waals surface area contributed by atoms with Crippen LogP contribution in [0.15, 0.2) is 18.2 Å². The van der Waals surface area contributed by atoms with Gasteiger partial charge in [-0.3, -0.25) is 4.79 Å². The molecule has 0 saturated carbocycles. The normalized spacial score (nSPS) is 14.5. The minimum atomic E-state index is 0.353. The Bertz CT molecular complexity index is 352. The van der Waals surface area contributed by atoms with E-state index in [-0.39, 0.29) is 0 Å². The quantitative estimate of drug-likeness (QED) is 0.712. The van der Waals surface area contributed by atoms with Gasteiger partial charge in [-0.15, -0.1) is 0 Å². The second kappa shape index (κ2) is 3.95. The Labute approximate surface area is 85.1 Å². The first-order valence-electron chi connectivity index (χ1n) is 5.47. The molecule has 0 aromatic heterocycles. The van der Waals surface area contributed by atoms with E-state index in [2.05, 4.69) is 25.1 Å². The predicted molar refractivity (Wildman–Crippen MR) is 57.7 cm³/mol. The Morgan fingerprint density at radius 2 is 2.14 bits per heavy atom. The molecule has 1 nitrogen and oxygen atoms in total. The van der Waals surface area contributed by atoms with Gasteiger partial charge in [0.15, 0.2) is 5.78 Å². The average Bonchev–Trinajstić information content (AvgIpc) is 2.58. The molecule has 0 spiro atoms. The highest BCUT2D eigenvalue weighted by molar-refractivity contribution is 6.01. The van der Waals surface area contributed by atoms with Crippen LogP contribution >= 0.6 is 0 Å². The first-order valence-corrected chi connectivity index (χ1v) is 5.47. The number of carbonyl (C=O) groups excluding carboxylic acids is 1. The second-order valence-corrected chi connectivity index (χ2v) is 3.98. The van der Waals surface area contributed by atoms with E-state index in [0.29, 0.717) is 5.78 Å². The molecule has 0 saturated heterocycles. The van der Waals surface area contributed by atoms with E-state index in [9.17, 15) is 4.79 Å². The van der Waals surface area contributed by atoms with Gasteiger partial charge in [-0.2, -0.15) is 0 Å². The minimum Gasteiger partial charge on any atom is -0.294 e. The summed E-state index contributed by atoms with van der Waals surface area (Å²) in [5.41, 5.74) is 3.58. The summed E-state index contributed by atoms with van der Waals surface area (Å²) in [6.07, 6.45) is 5.11. The number of unbranched alkanes of at least 4 members (excludes halogenated alkanes) is 1. The van der Waals surface area contributed by atoms with Crippen LogP contribution in [-0.2, 0) is 12.8 Å². The van der Waals surface area contributed by atoms with Crippen molar-refractivity contribution < 1.29 is 4.79 Å². The number of carbonyl (C=O) groups is 1. The zero-order valence-electron chi connectivity index (χ0n) is 8.68. The van der Waals surface area contributed by atoms with Crippen LogP contribution in [0.4, 0.5) is 0 Å². The smallest absolute Gasteiger partial charge is 0.163 e. The molecule has 1 aliphatic rings. The second-order valence-electron chi connectivity index (χ2n) is 3.98. The molecule has 1 aromatic rings. The van der Waals surface area contributed by atoms with Crippen LogP contribution in [0.2, 0.25) is 0 Å². The summed E-state index contributed by atoms with van der Waals surface area (Å²) in [4.78, 5) is 11.6. The van der Waals surface area contributed by atoms with E-state index in [4.69, 9.17) is 0 Å². The molecule has 14 heavy (non-hydrogen) atoms. The minimum absolute atomic E-state index is 0.353. The summed E-state index contributed by atoms with van der Waals surface area (Å²) in [6, 6.07) is 6.29. The number of hydrogen-bond donors (Lipinski definition) is 0. The molecule has 0 bridgehead atoms. The number of rotatable bonds is 3. The SMILES string of the molecule is CCCCc1cccc2c1C(=O)CC2. The van der Waals surface area contributed by atoms with Gasteiger partial charge < -0.3 is 0 Å². The van der Waals surface area contributed by atoms with Gasteiger partial charge in [0, 0.05) is 12.0 Å². The summed E-state index contributed by atoms with van der Waals surface area (Å²) < 4.78 is 0. The molecule has 0 fully saturated rings. The Kier molecular flexibility index (Phi) is 2.67. The largest absolute Gasteiger partial charge is 0.294 e. The lowest BCUT2D eigenvalue weighted by Crippen LogP contribution is -1.99. The van der Waals surface area contributed by atoms with Crippen LogP contribution in [0.3, 0.4) is 0 Å². The third-order valence-corrected chi connectivity index (χ3v) is 2.94. The predicted octanol–water partition coefficient (Wildman–Crippen LogP) is 3.16. The van der Waals surface area contributed by atoms with Crippen LogP contribution in [0.5, 0.6) is 0 Å². The van der Waals surface area contributed by atoms with E-state index in [1.54, 1.807) is 0 Å². The van der Waals surface area contributed by atoms with Crippen molar-refractivity contribution in [2.75, 3.05) is 0 Å². The third-order valence-electron chi connectivity index (χ3n) is 2.94. The van der Waals surface area contributed by atoms with Crippen LogP contribution in [-0.4, -0.2) is 5.78 Å². The maximum Gasteiger partial charge on any atom is 0.163 e. The van der Waals surface area contributed by atoms with E-state index in [1.165, 1.54) is 24.0 Å². The van der Waals surface area contributed by atoms with Crippen molar-refractivity contribution in [2.24, 2.45) is 0 Å². The Morgan fingerprint density at radius 3 is 2.93 bits per heavy atom. The molecule has 1 aliphatic carbocycles. The molecule has 2 rings (SSSR count). The van der Waals surface area contributed by atoms with Crippen LogP contribution < -0.4 is 0 Å². The number of benzene rings is 1. The lowest BCUT2D eigenvalue weighted by molar-refractivity contribution is 0.0994. The molecular formula is C13H16O. The van der Waals surface area contributed by atoms with E-state index >= 15 is 0 Å². The maximum absolute atomic E-state index is 11.6. The summed E-state index contributed by atoms with van der Waals surface area (Å²) in [5, 5.41) is 0. The highest BCUT2D eigenvalue weighted by Crippen LogP contribution is 2.26. The molecule has 0 unspecified atom stereocenters. The van der Waals surface area contributed by atoms with Gasteiger partial charge in [0.2, 0.25) is 0 Å². The fraction of sp³-hybridized carbons (Fsp3) is 0.462. The molecule has 1 aromatic carbocycles. The number of Topliss-reactive ketones (excluding diaryl/α,β-unsaturated/α-hetero) is 1. The van der Waals surface area contributed by atoms with Gasteiger partial charge >= 0.3 is 0 Å². The van der Waals surface area contributed by atoms with Crippen molar-refractivity contribution in [3.05, 3.63) is 34.9 Å². The lowest BCUT2D eigenvalue weighted by atomic mass is 9.98. The molecule has 0 atom stereocenters. The molecule has 0 heterocycles. The van der Waals surface area contributed by atoms with Gasteiger partial charge in [0.1, 0.15) is 0 Å². The van der Waals surface area contributed by atoms with E-state index in [1.807, 2.05) is 0 Å². The van der Waals surface area contributed by atoms with Crippen LogP contribution in [0.25, 0.3) is 0 Å². The lowest BCUT2D eigenvalue weighted by Gasteiger charge is -2.05. The first-order chi connectivity index (χ1) is 6.83. The maximum atomic E-state index is 11.6. The Morgan fingerprint density at radius 1 is 1.29 bits per heavy atom. The Balaban J connectivity index is 2.32. The zero-order chi connectivity index (χ0) is 9.97. The van der Waals surface area contributed by atoms with E-state index in [0.717, 1.165) is 24.8 Å². The molecule has 1 heteroatoms. The summed E-state index contributed by atoms with van der Waals surface area (Å²) in [6.45, 7) is 2.19. The zero-order valence-corrected chi connectivity index (χ0v) is 8.68. The number of hydrogen-bond acceptors (Lipinski definition) is 1. The van der Waals surface area contributed by atoms with Crippen molar-refractivity contribution >= 4 is 5.78 Å². The van der Waals surface area contributed by atoms with Crippen LogP contribution in [0.1, 0.15) is 47.7 Å². The molecular weight excluding hydrogens is 172 g/mol. The highest BCUT2D eigenvalue weighted by Gasteiger charge is 2.21. The van der Waals surface area contributed by atoms with Crippen molar-refractivity contribution in [2.45, 2.75) is 39.0 Å². The Hall–Kier alpha value is -1.11. The van der Waals surface area contributed by atoms with Crippen molar-refractivity contribution in [3.63, 3.8) is 0 Å². The van der Waals surface area contributed by atoms with Crippen LogP contribution in [0, 0.1) is 0 Å². The van der Waals surface area contributed by atoms with Gasteiger partial charge in [-0.05, 0) is 30.4 Å². The first kappa shape index (κ1) is 9.45. The average molecular weight is 188 g/mol. The fourth-order valence-corrected chi connectivity index (χ4v) is 2.17. The number of fused-ring (bicyclic) bond motifs is 1. The molecule has 0 amide bonds. The standard InChI is InChI=1S/C13H16O/c1-2-3-5-10-6-4-7-11-8-9-12(14)13(10)11/h4,6-7H,2-3,5,8-9H2,1H3.